The van der Waals surface area contributed by atoms with Crippen LogP contribution >= 0.6 is 15.9 Å². The number of halogens is 1. The van der Waals surface area contributed by atoms with Crippen molar-refractivity contribution in [2.75, 3.05) is 5.43 Å². The smallest absolute Gasteiger partial charge is 0.227 e. The van der Waals surface area contributed by atoms with Crippen LogP contribution in [0.2, 0.25) is 0 Å². The zero-order chi connectivity index (χ0) is 14.0. The topological polar surface area (TPSA) is 73.1 Å². The van der Waals surface area contributed by atoms with E-state index in [0.29, 0.717) is 17.5 Å². The van der Waals surface area contributed by atoms with Crippen LogP contribution in [0.25, 0.3) is 0 Å². The molecule has 0 amide bonds. The number of anilines is 1. The van der Waals surface area contributed by atoms with E-state index in [4.69, 9.17) is 10.6 Å². The third kappa shape index (κ3) is 3.02. The number of nitrogens with one attached hydrogen (secondary N) is 1. The van der Waals surface area contributed by atoms with Crippen molar-refractivity contribution in [3.63, 3.8) is 0 Å². The Balaban J connectivity index is 2.40. The van der Waals surface area contributed by atoms with Crippen LogP contribution in [0.15, 0.2) is 22.7 Å². The number of nitrogen functional groups attached to an aromatic ring is 1. The molecule has 0 saturated carbocycles. The summed E-state index contributed by atoms with van der Waals surface area (Å²) in [5.41, 5.74) is 4.34. The van der Waals surface area contributed by atoms with E-state index in [1.54, 1.807) is 6.92 Å². The Morgan fingerprint density at radius 3 is 2.58 bits per heavy atom. The molecule has 0 fully saturated rings. The average Bonchev–Trinajstić information content (AvgIpc) is 2.36. The lowest BCUT2D eigenvalue weighted by molar-refractivity contribution is 0.452. The number of hydrogen-bond acceptors (Lipinski definition) is 5. The molecule has 19 heavy (non-hydrogen) atoms. The van der Waals surface area contributed by atoms with E-state index in [0.717, 1.165) is 21.3 Å². The van der Waals surface area contributed by atoms with Crippen LogP contribution in [0.4, 0.5) is 5.82 Å². The molecule has 0 aliphatic carbocycles. The van der Waals surface area contributed by atoms with Crippen LogP contribution in [0.1, 0.15) is 17.0 Å². The monoisotopic (exact) mass is 322 g/mol. The molecular weight excluding hydrogens is 308 g/mol. The van der Waals surface area contributed by atoms with Crippen molar-refractivity contribution in [1.82, 2.24) is 9.97 Å². The molecule has 5 nitrogen and oxygen atoms in total. The van der Waals surface area contributed by atoms with Gasteiger partial charge in [-0.2, -0.15) is 4.98 Å². The molecule has 1 heterocycles. The number of rotatable bonds is 3. The van der Waals surface area contributed by atoms with Gasteiger partial charge in [0.15, 0.2) is 0 Å². The Kier molecular flexibility index (Phi) is 4.01. The Morgan fingerprint density at radius 1 is 1.21 bits per heavy atom. The van der Waals surface area contributed by atoms with Crippen LogP contribution in [0, 0.1) is 20.8 Å². The first kappa shape index (κ1) is 13.8. The summed E-state index contributed by atoms with van der Waals surface area (Å²) in [4.78, 5) is 8.49. The fourth-order valence-corrected chi connectivity index (χ4v) is 2.15. The predicted octanol–water partition coefficient (Wildman–Crippen LogP) is 3.24. The summed E-state index contributed by atoms with van der Waals surface area (Å²) < 4.78 is 6.86. The van der Waals surface area contributed by atoms with Gasteiger partial charge in [-0.1, -0.05) is 15.9 Å². The maximum Gasteiger partial charge on any atom is 0.227 e. The molecule has 0 bridgehead atoms. The third-order valence-electron chi connectivity index (χ3n) is 2.69. The van der Waals surface area contributed by atoms with E-state index >= 15 is 0 Å². The lowest BCUT2D eigenvalue weighted by Crippen LogP contribution is -2.12. The Labute approximate surface area is 120 Å². The van der Waals surface area contributed by atoms with Crippen molar-refractivity contribution in [2.24, 2.45) is 5.84 Å². The van der Waals surface area contributed by atoms with Gasteiger partial charge in [-0.05, 0) is 44.5 Å². The van der Waals surface area contributed by atoms with Gasteiger partial charge in [0, 0.05) is 4.47 Å². The second kappa shape index (κ2) is 5.54. The molecule has 0 unspecified atom stereocenters. The van der Waals surface area contributed by atoms with Gasteiger partial charge in [0.2, 0.25) is 5.88 Å². The molecule has 0 atom stereocenters. The Bertz CT molecular complexity index is 616. The van der Waals surface area contributed by atoms with Gasteiger partial charge in [0.05, 0.1) is 5.56 Å². The minimum Gasteiger partial charge on any atom is -0.438 e. The first-order valence-corrected chi connectivity index (χ1v) is 6.56. The van der Waals surface area contributed by atoms with E-state index in [2.05, 4.69) is 31.3 Å². The van der Waals surface area contributed by atoms with Gasteiger partial charge in [-0.15, -0.1) is 0 Å². The van der Waals surface area contributed by atoms with Crippen molar-refractivity contribution >= 4 is 21.7 Å². The molecule has 2 rings (SSSR count). The number of aromatic nitrogens is 2. The van der Waals surface area contributed by atoms with Crippen molar-refractivity contribution < 1.29 is 4.74 Å². The summed E-state index contributed by atoms with van der Waals surface area (Å²) in [6.45, 7) is 5.63. The first-order chi connectivity index (χ1) is 9.01. The Morgan fingerprint density at radius 2 is 1.95 bits per heavy atom. The van der Waals surface area contributed by atoms with Crippen LogP contribution in [-0.4, -0.2) is 9.97 Å². The summed E-state index contributed by atoms with van der Waals surface area (Å²) in [7, 11) is 0. The molecule has 1 aromatic carbocycles. The summed E-state index contributed by atoms with van der Waals surface area (Å²) in [6.07, 6.45) is 0. The van der Waals surface area contributed by atoms with Gasteiger partial charge >= 0.3 is 0 Å². The molecule has 100 valence electrons. The van der Waals surface area contributed by atoms with E-state index < -0.39 is 0 Å². The fourth-order valence-electron chi connectivity index (χ4n) is 1.67. The molecule has 0 aliphatic heterocycles. The van der Waals surface area contributed by atoms with Crippen LogP contribution < -0.4 is 16.0 Å². The number of hydrogen-bond donors (Lipinski definition) is 2. The van der Waals surface area contributed by atoms with E-state index in [-0.39, 0.29) is 0 Å². The van der Waals surface area contributed by atoms with Crippen LogP contribution in [-0.2, 0) is 0 Å². The molecule has 2 aromatic rings. The quantitative estimate of drug-likeness (QED) is 0.670. The van der Waals surface area contributed by atoms with Crippen molar-refractivity contribution in [3.8, 4) is 11.6 Å². The lowest BCUT2D eigenvalue weighted by Gasteiger charge is -2.13. The highest BCUT2D eigenvalue weighted by molar-refractivity contribution is 9.10. The average molecular weight is 323 g/mol. The minimum atomic E-state index is 0.505. The van der Waals surface area contributed by atoms with Crippen LogP contribution in [0.5, 0.6) is 11.6 Å². The maximum absolute atomic E-state index is 5.85. The second-order valence-corrected chi connectivity index (χ2v) is 5.12. The van der Waals surface area contributed by atoms with E-state index in [1.165, 1.54) is 0 Å². The second-order valence-electron chi connectivity index (χ2n) is 4.21. The fraction of sp³-hybridized carbons (Fsp3) is 0.231. The largest absolute Gasteiger partial charge is 0.438 e. The van der Waals surface area contributed by atoms with Crippen molar-refractivity contribution in [3.05, 3.63) is 39.6 Å². The summed E-state index contributed by atoms with van der Waals surface area (Å²) in [5.74, 6) is 7.86. The number of nitrogens with zero attached hydrogens (tertiary/aromatic N) is 2. The van der Waals surface area contributed by atoms with Crippen LogP contribution in [0.3, 0.4) is 0 Å². The number of aryl methyl sites for hydroxylation is 2. The van der Waals surface area contributed by atoms with Gasteiger partial charge < -0.3 is 10.2 Å². The molecular formula is C13H15BrN4O. The highest BCUT2D eigenvalue weighted by atomic mass is 79.9. The Hall–Kier alpha value is -1.66. The molecule has 3 N–H and O–H groups in total. The summed E-state index contributed by atoms with van der Waals surface area (Å²) in [5, 5.41) is 0. The molecule has 0 aliphatic rings. The van der Waals surface area contributed by atoms with Gasteiger partial charge in [-0.3, -0.25) is 0 Å². The number of hydrazine groups is 1. The van der Waals surface area contributed by atoms with Crippen molar-refractivity contribution in [1.29, 1.82) is 0 Å². The third-order valence-corrected chi connectivity index (χ3v) is 3.19. The van der Waals surface area contributed by atoms with E-state index in [1.807, 2.05) is 32.0 Å². The minimum absolute atomic E-state index is 0.505. The number of nitrogens with two attached hydrogens (primary N) is 1. The van der Waals surface area contributed by atoms with E-state index in [9.17, 15) is 0 Å². The van der Waals surface area contributed by atoms with Crippen molar-refractivity contribution in [2.45, 2.75) is 20.8 Å². The van der Waals surface area contributed by atoms with Gasteiger partial charge in [-0.25, -0.2) is 10.8 Å². The van der Waals surface area contributed by atoms with Gasteiger partial charge in [0.25, 0.3) is 0 Å². The SMILES string of the molecule is Cc1nc(NN)c(C)c(Oc2ccc(Br)cc2C)n1. The zero-order valence-electron chi connectivity index (χ0n) is 11.0. The summed E-state index contributed by atoms with van der Waals surface area (Å²) >= 11 is 3.42. The summed E-state index contributed by atoms with van der Waals surface area (Å²) in [6, 6.07) is 5.81. The molecule has 0 spiro atoms. The van der Waals surface area contributed by atoms with Gasteiger partial charge in [0.1, 0.15) is 17.4 Å². The highest BCUT2D eigenvalue weighted by Crippen LogP contribution is 2.30. The molecule has 0 saturated heterocycles. The number of ether oxygens (including phenoxy) is 1. The maximum atomic E-state index is 5.85. The zero-order valence-corrected chi connectivity index (χ0v) is 12.6. The normalized spacial score (nSPS) is 10.4. The highest BCUT2D eigenvalue weighted by Gasteiger charge is 2.11. The number of benzene rings is 1. The first-order valence-electron chi connectivity index (χ1n) is 5.77. The molecule has 1 aromatic heterocycles. The lowest BCUT2D eigenvalue weighted by atomic mass is 10.2. The molecule has 6 heteroatoms. The predicted molar refractivity (Wildman–Crippen MR) is 78.3 cm³/mol. The standard InChI is InChI=1S/C13H15BrN4O/c1-7-6-10(14)4-5-11(7)19-13-8(2)12(18-15)16-9(3)17-13/h4-6H,15H2,1-3H3,(H,16,17,18). The molecule has 0 radical (unpaired) electrons.